The molecule has 2 aromatic rings. The average molecular weight is 285 g/mol. The van der Waals surface area contributed by atoms with E-state index >= 15 is 0 Å². The van der Waals surface area contributed by atoms with Crippen LogP contribution < -0.4 is 5.32 Å². The van der Waals surface area contributed by atoms with E-state index in [0.29, 0.717) is 6.42 Å². The van der Waals surface area contributed by atoms with Crippen LogP contribution in [0.1, 0.15) is 36.2 Å². The molecule has 4 nitrogen and oxygen atoms in total. The van der Waals surface area contributed by atoms with E-state index in [1.807, 2.05) is 38.2 Å². The first kappa shape index (κ1) is 15.3. The van der Waals surface area contributed by atoms with Gasteiger partial charge in [0.1, 0.15) is 5.82 Å². The lowest BCUT2D eigenvalue weighted by molar-refractivity contribution is -0.115. The highest BCUT2D eigenvalue weighted by Gasteiger charge is 2.16. The average Bonchev–Trinajstić information content (AvgIpc) is 2.77. The molecule has 1 aromatic heterocycles. The van der Waals surface area contributed by atoms with Crippen LogP contribution in [0.3, 0.4) is 0 Å². The van der Waals surface area contributed by atoms with Crippen molar-refractivity contribution in [3.8, 4) is 0 Å². The maximum atomic E-state index is 12.3. The van der Waals surface area contributed by atoms with Gasteiger partial charge in [0.05, 0.1) is 12.1 Å². The summed E-state index contributed by atoms with van der Waals surface area (Å²) in [6.45, 7) is 6.20. The van der Waals surface area contributed by atoms with Crippen molar-refractivity contribution in [3.63, 3.8) is 0 Å². The molecule has 0 aliphatic carbocycles. The third-order valence-electron chi connectivity index (χ3n) is 3.79. The molecular formula is C17H23N3O. The second-order valence-corrected chi connectivity index (χ2v) is 5.26. The normalized spacial score (nSPS) is 10.7. The zero-order valence-corrected chi connectivity index (χ0v) is 13.2. The summed E-state index contributed by atoms with van der Waals surface area (Å²) in [7, 11) is 1.88. The van der Waals surface area contributed by atoms with Gasteiger partial charge >= 0.3 is 0 Å². The topological polar surface area (TPSA) is 46.9 Å². The minimum absolute atomic E-state index is 0.00431. The molecule has 0 radical (unpaired) electrons. The zero-order chi connectivity index (χ0) is 15.4. The Morgan fingerprint density at radius 1 is 1.24 bits per heavy atom. The Balaban J connectivity index is 2.17. The molecule has 4 heteroatoms. The predicted octanol–water partition coefficient (Wildman–Crippen LogP) is 3.03. The first-order valence-corrected chi connectivity index (χ1v) is 7.45. The molecule has 0 fully saturated rings. The Morgan fingerprint density at radius 2 is 1.95 bits per heavy atom. The Kier molecular flexibility index (Phi) is 4.78. The summed E-state index contributed by atoms with van der Waals surface area (Å²) >= 11 is 0. The Bertz CT molecular complexity index is 643. The summed E-state index contributed by atoms with van der Waals surface area (Å²) < 4.78 is 1.77. The Morgan fingerprint density at radius 3 is 2.57 bits per heavy atom. The van der Waals surface area contributed by atoms with E-state index in [-0.39, 0.29) is 5.91 Å². The molecule has 0 aliphatic rings. The van der Waals surface area contributed by atoms with Crippen molar-refractivity contribution in [2.24, 2.45) is 7.05 Å². The SMILES string of the molecule is CCc1nn(C)c(NC(=O)Cc2ccccc2C)c1CC. The number of benzene rings is 1. The van der Waals surface area contributed by atoms with Crippen molar-refractivity contribution in [3.05, 3.63) is 46.6 Å². The summed E-state index contributed by atoms with van der Waals surface area (Å²) in [5, 5.41) is 7.50. The number of carbonyl (C=O) groups is 1. The third-order valence-corrected chi connectivity index (χ3v) is 3.79. The van der Waals surface area contributed by atoms with Gasteiger partial charge in [-0.1, -0.05) is 38.1 Å². The van der Waals surface area contributed by atoms with E-state index in [1.165, 1.54) is 0 Å². The lowest BCUT2D eigenvalue weighted by Crippen LogP contribution is -2.18. The van der Waals surface area contributed by atoms with Gasteiger partial charge in [-0.05, 0) is 30.9 Å². The molecule has 0 spiro atoms. The molecule has 0 aliphatic heterocycles. The van der Waals surface area contributed by atoms with Crippen molar-refractivity contribution in [1.29, 1.82) is 0 Å². The molecule has 1 N–H and O–H groups in total. The molecule has 0 saturated carbocycles. The van der Waals surface area contributed by atoms with Crippen molar-refractivity contribution < 1.29 is 4.79 Å². The molecule has 1 aromatic carbocycles. The molecule has 112 valence electrons. The van der Waals surface area contributed by atoms with E-state index in [1.54, 1.807) is 4.68 Å². The highest BCUT2D eigenvalue weighted by atomic mass is 16.1. The van der Waals surface area contributed by atoms with Gasteiger partial charge in [0.2, 0.25) is 5.91 Å². The van der Waals surface area contributed by atoms with E-state index in [0.717, 1.165) is 41.0 Å². The number of carbonyl (C=O) groups excluding carboxylic acids is 1. The molecule has 1 amide bonds. The number of hydrogen-bond donors (Lipinski definition) is 1. The first-order chi connectivity index (χ1) is 10.1. The summed E-state index contributed by atoms with van der Waals surface area (Å²) in [4.78, 5) is 12.3. The van der Waals surface area contributed by atoms with Crippen molar-refractivity contribution in [2.45, 2.75) is 40.0 Å². The number of nitrogens with zero attached hydrogens (tertiary/aromatic N) is 2. The summed E-state index contributed by atoms with van der Waals surface area (Å²) in [6.07, 6.45) is 2.14. The van der Waals surface area contributed by atoms with Crippen molar-refractivity contribution in [2.75, 3.05) is 5.32 Å². The largest absolute Gasteiger partial charge is 0.310 e. The molecule has 21 heavy (non-hydrogen) atoms. The van der Waals surface area contributed by atoms with Gasteiger partial charge in [-0.15, -0.1) is 0 Å². The van der Waals surface area contributed by atoms with Crippen LogP contribution in [0.15, 0.2) is 24.3 Å². The van der Waals surface area contributed by atoms with Crippen LogP contribution >= 0.6 is 0 Å². The van der Waals surface area contributed by atoms with Gasteiger partial charge in [0, 0.05) is 12.6 Å². The van der Waals surface area contributed by atoms with Crippen LogP contribution in [0.25, 0.3) is 0 Å². The maximum absolute atomic E-state index is 12.3. The van der Waals surface area contributed by atoms with Gasteiger partial charge in [0.15, 0.2) is 0 Å². The van der Waals surface area contributed by atoms with E-state index in [4.69, 9.17) is 0 Å². The van der Waals surface area contributed by atoms with Crippen LogP contribution in [0, 0.1) is 6.92 Å². The van der Waals surface area contributed by atoms with Crippen molar-refractivity contribution in [1.82, 2.24) is 9.78 Å². The van der Waals surface area contributed by atoms with Gasteiger partial charge in [-0.2, -0.15) is 5.10 Å². The van der Waals surface area contributed by atoms with Crippen LogP contribution in [0.5, 0.6) is 0 Å². The van der Waals surface area contributed by atoms with E-state index in [9.17, 15) is 4.79 Å². The minimum Gasteiger partial charge on any atom is -0.310 e. The molecule has 0 saturated heterocycles. The summed E-state index contributed by atoms with van der Waals surface area (Å²) in [5.41, 5.74) is 4.40. The lowest BCUT2D eigenvalue weighted by atomic mass is 10.1. The van der Waals surface area contributed by atoms with Gasteiger partial charge in [-0.25, -0.2) is 0 Å². The van der Waals surface area contributed by atoms with E-state index < -0.39 is 0 Å². The maximum Gasteiger partial charge on any atom is 0.229 e. The Labute approximate surface area is 126 Å². The second kappa shape index (κ2) is 6.57. The highest BCUT2D eigenvalue weighted by Crippen LogP contribution is 2.21. The quantitative estimate of drug-likeness (QED) is 0.918. The molecule has 2 rings (SSSR count). The third kappa shape index (κ3) is 3.32. The summed E-state index contributed by atoms with van der Waals surface area (Å²) in [6, 6.07) is 7.97. The lowest BCUT2D eigenvalue weighted by Gasteiger charge is -2.09. The predicted molar refractivity (Wildman–Crippen MR) is 85.5 cm³/mol. The minimum atomic E-state index is 0.00431. The molecular weight excluding hydrogens is 262 g/mol. The number of aryl methyl sites for hydroxylation is 3. The first-order valence-electron chi connectivity index (χ1n) is 7.45. The van der Waals surface area contributed by atoms with E-state index in [2.05, 4.69) is 24.3 Å². The fraction of sp³-hybridized carbons (Fsp3) is 0.412. The number of amides is 1. The van der Waals surface area contributed by atoms with Gasteiger partial charge in [0.25, 0.3) is 0 Å². The highest BCUT2D eigenvalue weighted by molar-refractivity contribution is 5.92. The number of anilines is 1. The second-order valence-electron chi connectivity index (χ2n) is 5.26. The van der Waals surface area contributed by atoms with Crippen molar-refractivity contribution >= 4 is 11.7 Å². The number of rotatable bonds is 5. The summed E-state index contributed by atoms with van der Waals surface area (Å²) in [5.74, 6) is 0.831. The van der Waals surface area contributed by atoms with Crippen LogP contribution in [0.2, 0.25) is 0 Å². The van der Waals surface area contributed by atoms with Crippen LogP contribution in [-0.2, 0) is 31.1 Å². The number of hydrogen-bond acceptors (Lipinski definition) is 2. The fourth-order valence-corrected chi connectivity index (χ4v) is 2.59. The van der Waals surface area contributed by atoms with Gasteiger partial charge < -0.3 is 5.32 Å². The van der Waals surface area contributed by atoms with Crippen LogP contribution in [0.4, 0.5) is 5.82 Å². The van der Waals surface area contributed by atoms with Crippen LogP contribution in [-0.4, -0.2) is 15.7 Å². The molecule has 0 bridgehead atoms. The molecule has 1 heterocycles. The fourth-order valence-electron chi connectivity index (χ4n) is 2.59. The smallest absolute Gasteiger partial charge is 0.229 e. The Hall–Kier alpha value is -2.10. The number of nitrogens with one attached hydrogen (secondary N) is 1. The van der Waals surface area contributed by atoms with Gasteiger partial charge in [-0.3, -0.25) is 9.48 Å². The number of aromatic nitrogens is 2. The standard InChI is InChI=1S/C17H23N3O/c1-5-14-15(6-2)19-20(4)17(14)18-16(21)11-13-10-8-7-9-12(13)3/h7-10H,5-6,11H2,1-4H3,(H,18,21). The zero-order valence-electron chi connectivity index (χ0n) is 13.2. The molecule has 0 unspecified atom stereocenters. The molecule has 0 atom stereocenters. The monoisotopic (exact) mass is 285 g/mol.